The fourth-order valence-corrected chi connectivity index (χ4v) is 2.78. The average Bonchev–Trinajstić information content (AvgIpc) is 2.81. The Hall–Kier alpha value is -1.41. The second-order valence-electron chi connectivity index (χ2n) is 5.19. The van der Waals surface area contributed by atoms with E-state index in [9.17, 15) is 14.2 Å². The zero-order valence-corrected chi connectivity index (χ0v) is 14.2. The lowest BCUT2D eigenvalue weighted by molar-refractivity contribution is -0.218. The minimum Gasteiger partial charge on any atom is -0.374 e. The minimum atomic E-state index is -4.75. The number of hydroxylamine groups is 1. The molecule has 1 aliphatic rings. The average molecular weight is 382 g/mol. The summed E-state index contributed by atoms with van der Waals surface area (Å²) < 4.78 is 27.4. The Morgan fingerprint density at radius 1 is 1.44 bits per heavy atom. The fraction of sp³-hybridized carbons (Fsp3) is 0.636. The number of nitrogens with two attached hydrogens (primary N) is 1. The predicted octanol–water partition coefficient (Wildman–Crippen LogP) is -2.34. The highest BCUT2D eigenvalue weighted by molar-refractivity contribution is 7.46. The first-order valence-corrected chi connectivity index (χ1v) is 8.50. The lowest BCUT2D eigenvalue weighted by Gasteiger charge is -2.25. The largest absolute Gasteiger partial charge is 0.469 e. The van der Waals surface area contributed by atoms with Gasteiger partial charge in [-0.25, -0.2) is 15.2 Å². The van der Waals surface area contributed by atoms with Gasteiger partial charge in [0.25, 0.3) is 5.56 Å². The number of aromatic amines is 1. The van der Waals surface area contributed by atoms with Crippen molar-refractivity contribution in [2.24, 2.45) is 5.84 Å². The number of H-pyrrole nitrogens is 1. The number of hydrogen-bond donors (Lipinski definition) is 4. The van der Waals surface area contributed by atoms with E-state index in [2.05, 4.69) is 9.51 Å². The molecule has 0 aromatic carbocycles. The van der Waals surface area contributed by atoms with E-state index in [4.69, 9.17) is 29.9 Å². The molecule has 0 amide bonds. The molecule has 1 aromatic rings. The molecule has 2 heterocycles. The van der Waals surface area contributed by atoms with Crippen molar-refractivity contribution in [3.63, 3.8) is 0 Å². The van der Waals surface area contributed by atoms with Gasteiger partial charge in [0.15, 0.2) is 6.23 Å². The third kappa shape index (κ3) is 5.04. The Labute approximate surface area is 141 Å². The lowest BCUT2D eigenvalue weighted by Crippen LogP contribution is -2.44. The Kier molecular flexibility index (Phi) is 6.26. The van der Waals surface area contributed by atoms with Crippen LogP contribution in [-0.4, -0.2) is 63.6 Å². The van der Waals surface area contributed by atoms with Crippen molar-refractivity contribution in [2.45, 2.75) is 24.5 Å². The molecule has 13 nitrogen and oxygen atoms in total. The SMILES string of the molecule is COC1C(ON(C)N)[C@@H](COP(=O)(O)O)O[C@H]1n1ccc(=O)[nH]c1=O. The maximum absolute atomic E-state index is 12.0. The van der Waals surface area contributed by atoms with Crippen LogP contribution in [0.2, 0.25) is 0 Å². The molecule has 0 radical (unpaired) electrons. The molecule has 0 saturated carbocycles. The van der Waals surface area contributed by atoms with Gasteiger partial charge < -0.3 is 19.3 Å². The molecule has 1 aromatic heterocycles. The van der Waals surface area contributed by atoms with E-state index in [1.165, 1.54) is 20.4 Å². The molecule has 142 valence electrons. The van der Waals surface area contributed by atoms with Crippen LogP contribution in [0, 0.1) is 0 Å². The summed E-state index contributed by atoms with van der Waals surface area (Å²) >= 11 is 0. The van der Waals surface area contributed by atoms with Crippen LogP contribution in [0.15, 0.2) is 21.9 Å². The summed E-state index contributed by atoms with van der Waals surface area (Å²) in [5.41, 5.74) is -1.35. The van der Waals surface area contributed by atoms with Crippen LogP contribution in [-0.2, 0) is 23.4 Å². The van der Waals surface area contributed by atoms with Crippen LogP contribution in [0.3, 0.4) is 0 Å². The fourth-order valence-electron chi connectivity index (χ4n) is 2.43. The van der Waals surface area contributed by atoms with Crippen molar-refractivity contribution in [3.05, 3.63) is 33.1 Å². The number of nitrogens with zero attached hydrogens (tertiary/aromatic N) is 2. The quantitative estimate of drug-likeness (QED) is 0.226. The van der Waals surface area contributed by atoms with Gasteiger partial charge in [0.2, 0.25) is 0 Å². The van der Waals surface area contributed by atoms with Crippen molar-refractivity contribution in [2.75, 3.05) is 20.8 Å². The molecule has 0 bridgehead atoms. The van der Waals surface area contributed by atoms with Gasteiger partial charge in [-0.15, -0.1) is 5.17 Å². The van der Waals surface area contributed by atoms with Gasteiger partial charge in [-0.05, 0) is 0 Å². The Morgan fingerprint density at radius 3 is 2.64 bits per heavy atom. The first-order valence-electron chi connectivity index (χ1n) is 6.97. The van der Waals surface area contributed by atoms with Gasteiger partial charge in [0.1, 0.15) is 18.3 Å². The van der Waals surface area contributed by atoms with Crippen LogP contribution < -0.4 is 17.1 Å². The number of nitrogens with one attached hydrogen (secondary N) is 1. The van der Waals surface area contributed by atoms with Gasteiger partial charge >= 0.3 is 13.5 Å². The van der Waals surface area contributed by atoms with Gasteiger partial charge in [0, 0.05) is 26.4 Å². The molecule has 1 saturated heterocycles. The summed E-state index contributed by atoms with van der Waals surface area (Å²) in [5.74, 6) is 5.46. The zero-order chi connectivity index (χ0) is 18.8. The molecule has 4 atom stereocenters. The van der Waals surface area contributed by atoms with E-state index in [1.807, 2.05) is 0 Å². The third-order valence-electron chi connectivity index (χ3n) is 3.38. The molecule has 14 heteroatoms. The standard InChI is InChI=1S/C11H19N4O9P/c1-14(12)24-8-6(5-22-25(18,19)20)23-10(9(8)21-2)15-4-3-7(16)13-11(15)17/h3-4,6,8-10H,5,12H2,1-2H3,(H,13,16,17)(H2,18,19,20)/t6-,8?,9?,10-/m1/s1. The number of ether oxygens (including phenoxy) is 2. The Morgan fingerprint density at radius 2 is 2.12 bits per heavy atom. The predicted molar refractivity (Wildman–Crippen MR) is 80.8 cm³/mol. The van der Waals surface area contributed by atoms with E-state index < -0.39 is 50.2 Å². The molecule has 1 aliphatic heterocycles. The first-order chi connectivity index (χ1) is 11.6. The number of methoxy groups -OCH3 is 1. The molecule has 1 fully saturated rings. The first kappa shape index (κ1) is 19.9. The second kappa shape index (κ2) is 7.86. The van der Waals surface area contributed by atoms with Gasteiger partial charge in [0.05, 0.1) is 6.61 Å². The van der Waals surface area contributed by atoms with Crippen LogP contribution in [0.5, 0.6) is 0 Å². The van der Waals surface area contributed by atoms with E-state index in [0.29, 0.717) is 0 Å². The molecular formula is C11H19N4O9P. The lowest BCUT2D eigenvalue weighted by atomic mass is 10.1. The van der Waals surface area contributed by atoms with Crippen LogP contribution in [0.25, 0.3) is 0 Å². The molecular weight excluding hydrogens is 363 g/mol. The van der Waals surface area contributed by atoms with Crippen LogP contribution >= 0.6 is 7.82 Å². The van der Waals surface area contributed by atoms with Gasteiger partial charge in [-0.3, -0.25) is 23.7 Å². The van der Waals surface area contributed by atoms with Gasteiger partial charge in [-0.2, -0.15) is 0 Å². The topological polar surface area (TPSA) is 179 Å². The summed E-state index contributed by atoms with van der Waals surface area (Å²) in [6.45, 7) is -0.544. The maximum atomic E-state index is 12.0. The van der Waals surface area contributed by atoms with Crippen molar-refractivity contribution in [1.29, 1.82) is 0 Å². The second-order valence-corrected chi connectivity index (χ2v) is 6.42. The minimum absolute atomic E-state index is 0.544. The molecule has 2 rings (SSSR count). The maximum Gasteiger partial charge on any atom is 0.469 e. The van der Waals surface area contributed by atoms with E-state index >= 15 is 0 Å². The van der Waals surface area contributed by atoms with E-state index in [1.54, 1.807) is 0 Å². The highest BCUT2D eigenvalue weighted by Gasteiger charge is 2.48. The van der Waals surface area contributed by atoms with Crippen molar-refractivity contribution in [1.82, 2.24) is 14.7 Å². The molecule has 25 heavy (non-hydrogen) atoms. The summed E-state index contributed by atoms with van der Waals surface area (Å²) in [4.78, 5) is 48.3. The van der Waals surface area contributed by atoms with Crippen molar-refractivity contribution < 1.29 is 33.2 Å². The summed E-state index contributed by atoms with van der Waals surface area (Å²) in [7, 11) is -2.04. The summed E-state index contributed by atoms with van der Waals surface area (Å²) in [5, 5.41) is 0.864. The molecule has 0 aliphatic carbocycles. The third-order valence-corrected chi connectivity index (χ3v) is 3.86. The van der Waals surface area contributed by atoms with Gasteiger partial charge in [-0.1, -0.05) is 0 Å². The normalized spacial score (nSPS) is 27.1. The van der Waals surface area contributed by atoms with Crippen LogP contribution in [0.1, 0.15) is 6.23 Å². The monoisotopic (exact) mass is 382 g/mol. The Bertz CT molecular complexity index is 744. The summed E-state index contributed by atoms with van der Waals surface area (Å²) in [6, 6.07) is 1.11. The smallest absolute Gasteiger partial charge is 0.374 e. The number of phosphoric acid groups is 1. The highest BCUT2D eigenvalue weighted by atomic mass is 31.2. The highest BCUT2D eigenvalue weighted by Crippen LogP contribution is 2.39. The number of aromatic nitrogens is 2. The number of hydrogen-bond acceptors (Lipinski definition) is 9. The number of rotatable bonds is 7. The zero-order valence-electron chi connectivity index (χ0n) is 13.3. The molecule has 0 spiro atoms. The molecule has 2 unspecified atom stereocenters. The van der Waals surface area contributed by atoms with Crippen molar-refractivity contribution in [3.8, 4) is 0 Å². The number of hydrazine groups is 1. The van der Waals surface area contributed by atoms with Crippen molar-refractivity contribution >= 4 is 7.82 Å². The Balaban J connectivity index is 2.32. The van der Waals surface area contributed by atoms with Crippen LogP contribution in [0.4, 0.5) is 0 Å². The number of phosphoric ester groups is 1. The van der Waals surface area contributed by atoms with E-state index in [-0.39, 0.29) is 0 Å². The van der Waals surface area contributed by atoms with E-state index in [0.717, 1.165) is 15.8 Å². The molecule has 5 N–H and O–H groups in total. The summed E-state index contributed by atoms with van der Waals surface area (Å²) in [6.07, 6.45) is -2.71.